The monoisotopic (exact) mass is 314 g/mol. The number of hydrogen-bond acceptors (Lipinski definition) is 5. The van der Waals surface area contributed by atoms with E-state index in [0.717, 1.165) is 11.3 Å². The quantitative estimate of drug-likeness (QED) is 0.683. The van der Waals surface area contributed by atoms with Crippen LogP contribution in [0.2, 0.25) is 0 Å². The van der Waals surface area contributed by atoms with Crippen molar-refractivity contribution in [3.63, 3.8) is 0 Å². The van der Waals surface area contributed by atoms with E-state index in [9.17, 15) is 9.59 Å². The van der Waals surface area contributed by atoms with Gasteiger partial charge in [-0.1, -0.05) is 36.0 Å². The fourth-order valence-corrected chi connectivity index (χ4v) is 3.18. The predicted molar refractivity (Wildman–Crippen MR) is 88.0 cm³/mol. The van der Waals surface area contributed by atoms with Gasteiger partial charge in [-0.2, -0.15) is 0 Å². The lowest BCUT2D eigenvalue weighted by Gasteiger charge is -2.11. The molecule has 0 spiro atoms. The first kappa shape index (κ1) is 14.5. The first-order valence-corrected chi connectivity index (χ1v) is 7.65. The minimum absolute atomic E-state index is 0.0277. The Hall–Kier alpha value is -2.41. The molecule has 7 heteroatoms. The summed E-state index contributed by atoms with van der Waals surface area (Å²) in [5, 5.41) is 11.2. The third-order valence-electron chi connectivity index (χ3n) is 3.32. The molecule has 112 valence electrons. The van der Waals surface area contributed by atoms with Crippen LogP contribution in [0, 0.1) is 0 Å². The van der Waals surface area contributed by atoms with Crippen LogP contribution in [0.15, 0.2) is 47.1 Å². The Kier molecular flexibility index (Phi) is 3.81. The standard InChI is InChI=1S/C15H14N4O2S/c1-3-8-19-14(21)9(2)22-15(19)18-17-12-10-6-4-5-7-11(10)16-13(12)20/h3-7,9H,1,8H2,2H3,(H,16,17,20)/b18-15-. The van der Waals surface area contributed by atoms with E-state index in [4.69, 9.17) is 0 Å². The molecule has 2 amide bonds. The molecule has 0 aromatic heterocycles. The van der Waals surface area contributed by atoms with Gasteiger partial charge in [0.15, 0.2) is 10.9 Å². The fraction of sp³-hybridized carbons (Fsp3) is 0.200. The van der Waals surface area contributed by atoms with Crippen LogP contribution in [0.25, 0.3) is 0 Å². The maximum atomic E-state index is 12.0. The molecule has 6 nitrogen and oxygen atoms in total. The smallest absolute Gasteiger partial charge is 0.276 e. The van der Waals surface area contributed by atoms with Crippen molar-refractivity contribution in [3.05, 3.63) is 42.5 Å². The van der Waals surface area contributed by atoms with Gasteiger partial charge in [0.1, 0.15) is 0 Å². The molecule has 1 fully saturated rings. The van der Waals surface area contributed by atoms with Gasteiger partial charge in [-0.25, -0.2) is 0 Å². The summed E-state index contributed by atoms with van der Waals surface area (Å²) in [4.78, 5) is 25.5. The SMILES string of the molecule is C=CCN1C(=O)C(C)S/C1=N\N=C1/C(=O)Nc2ccccc21. The Morgan fingerprint density at radius 3 is 2.91 bits per heavy atom. The van der Waals surface area contributed by atoms with Crippen molar-refractivity contribution in [3.8, 4) is 0 Å². The number of nitrogens with one attached hydrogen (secondary N) is 1. The maximum absolute atomic E-state index is 12.0. The second kappa shape index (κ2) is 5.76. The average Bonchev–Trinajstić information content (AvgIpc) is 2.96. The van der Waals surface area contributed by atoms with Crippen LogP contribution in [0.1, 0.15) is 12.5 Å². The van der Waals surface area contributed by atoms with E-state index in [-0.39, 0.29) is 22.8 Å². The molecular formula is C15H14N4O2S. The number of fused-ring (bicyclic) bond motifs is 1. The summed E-state index contributed by atoms with van der Waals surface area (Å²) < 4.78 is 0. The lowest BCUT2D eigenvalue weighted by atomic mass is 10.1. The van der Waals surface area contributed by atoms with E-state index in [0.29, 0.717) is 11.7 Å². The van der Waals surface area contributed by atoms with Crippen molar-refractivity contribution in [1.82, 2.24) is 4.90 Å². The molecule has 1 saturated heterocycles. The van der Waals surface area contributed by atoms with Gasteiger partial charge < -0.3 is 5.32 Å². The zero-order valence-corrected chi connectivity index (χ0v) is 12.8. The van der Waals surface area contributed by atoms with Crippen LogP contribution in [0.4, 0.5) is 5.69 Å². The van der Waals surface area contributed by atoms with Gasteiger partial charge in [0.2, 0.25) is 5.91 Å². The van der Waals surface area contributed by atoms with Gasteiger partial charge in [-0.3, -0.25) is 14.5 Å². The predicted octanol–water partition coefficient (Wildman–Crippen LogP) is 1.85. The highest BCUT2D eigenvalue weighted by Crippen LogP contribution is 2.27. The molecule has 1 aromatic carbocycles. The second-order valence-corrected chi connectivity index (χ2v) is 6.14. The Morgan fingerprint density at radius 1 is 1.36 bits per heavy atom. The number of anilines is 1. The first-order chi connectivity index (χ1) is 10.6. The molecule has 2 aliphatic rings. The summed E-state index contributed by atoms with van der Waals surface area (Å²) in [7, 11) is 0. The lowest BCUT2D eigenvalue weighted by Crippen LogP contribution is -2.31. The number of nitrogens with zero attached hydrogens (tertiary/aromatic N) is 3. The van der Waals surface area contributed by atoms with Crippen molar-refractivity contribution < 1.29 is 9.59 Å². The number of rotatable bonds is 3. The summed E-state index contributed by atoms with van der Waals surface area (Å²) in [5.41, 5.74) is 1.70. The third kappa shape index (κ3) is 2.43. The number of carbonyl (C=O) groups excluding carboxylic acids is 2. The van der Waals surface area contributed by atoms with Gasteiger partial charge >= 0.3 is 0 Å². The Labute approximate surface area is 132 Å². The van der Waals surface area contributed by atoms with Crippen LogP contribution < -0.4 is 5.32 Å². The zero-order valence-electron chi connectivity index (χ0n) is 11.9. The number of benzene rings is 1. The van der Waals surface area contributed by atoms with Crippen LogP contribution >= 0.6 is 11.8 Å². The van der Waals surface area contributed by atoms with Crippen molar-refractivity contribution in [2.24, 2.45) is 10.2 Å². The molecule has 2 heterocycles. The highest BCUT2D eigenvalue weighted by molar-refractivity contribution is 8.15. The topological polar surface area (TPSA) is 74.1 Å². The van der Waals surface area contributed by atoms with Crippen LogP contribution in [-0.2, 0) is 9.59 Å². The molecule has 2 aliphatic heterocycles. The van der Waals surface area contributed by atoms with E-state index in [1.54, 1.807) is 6.08 Å². The summed E-state index contributed by atoms with van der Waals surface area (Å²) in [5.74, 6) is -0.316. The molecule has 1 aromatic rings. The number of para-hydroxylation sites is 1. The molecule has 1 N–H and O–H groups in total. The molecule has 0 bridgehead atoms. The minimum Gasteiger partial charge on any atom is -0.320 e. The van der Waals surface area contributed by atoms with E-state index >= 15 is 0 Å². The molecule has 0 aliphatic carbocycles. The van der Waals surface area contributed by atoms with E-state index in [1.807, 2.05) is 31.2 Å². The van der Waals surface area contributed by atoms with E-state index < -0.39 is 0 Å². The first-order valence-electron chi connectivity index (χ1n) is 6.77. The fourth-order valence-electron chi connectivity index (χ4n) is 2.26. The highest BCUT2D eigenvalue weighted by atomic mass is 32.2. The van der Waals surface area contributed by atoms with E-state index in [1.165, 1.54) is 16.7 Å². The van der Waals surface area contributed by atoms with Gasteiger partial charge in [-0.15, -0.1) is 16.8 Å². The Balaban J connectivity index is 1.94. The number of thioether (sulfide) groups is 1. The third-order valence-corrected chi connectivity index (χ3v) is 4.39. The Morgan fingerprint density at radius 2 is 2.14 bits per heavy atom. The minimum atomic E-state index is -0.289. The molecule has 1 atom stereocenters. The van der Waals surface area contributed by atoms with Gasteiger partial charge in [0.05, 0.1) is 10.9 Å². The molecular weight excluding hydrogens is 300 g/mol. The summed E-state index contributed by atoms with van der Waals surface area (Å²) in [6, 6.07) is 7.29. The van der Waals surface area contributed by atoms with Crippen molar-refractivity contribution >= 4 is 40.1 Å². The molecule has 0 saturated carbocycles. The second-order valence-electron chi connectivity index (χ2n) is 4.83. The normalized spacial score (nSPS) is 24.0. The largest absolute Gasteiger partial charge is 0.320 e. The summed E-state index contributed by atoms with van der Waals surface area (Å²) >= 11 is 1.33. The lowest BCUT2D eigenvalue weighted by molar-refractivity contribution is -0.125. The van der Waals surface area contributed by atoms with Gasteiger partial charge in [0, 0.05) is 12.1 Å². The van der Waals surface area contributed by atoms with Gasteiger partial charge in [0.25, 0.3) is 5.91 Å². The van der Waals surface area contributed by atoms with Crippen molar-refractivity contribution in [1.29, 1.82) is 0 Å². The molecule has 3 rings (SSSR count). The van der Waals surface area contributed by atoms with Gasteiger partial charge in [-0.05, 0) is 13.0 Å². The number of carbonyl (C=O) groups is 2. The Bertz CT molecular complexity index is 726. The van der Waals surface area contributed by atoms with Crippen molar-refractivity contribution in [2.75, 3.05) is 11.9 Å². The van der Waals surface area contributed by atoms with Crippen LogP contribution in [0.5, 0.6) is 0 Å². The van der Waals surface area contributed by atoms with E-state index in [2.05, 4.69) is 22.1 Å². The number of amides is 2. The summed E-state index contributed by atoms with van der Waals surface area (Å²) in [6.07, 6.45) is 1.64. The average molecular weight is 314 g/mol. The van der Waals surface area contributed by atoms with Crippen molar-refractivity contribution in [2.45, 2.75) is 12.2 Å². The molecule has 22 heavy (non-hydrogen) atoms. The maximum Gasteiger partial charge on any atom is 0.276 e. The van der Waals surface area contributed by atoms with Crippen LogP contribution in [-0.4, -0.2) is 39.4 Å². The number of hydrogen-bond donors (Lipinski definition) is 1. The molecule has 1 unspecified atom stereocenters. The highest BCUT2D eigenvalue weighted by Gasteiger charge is 2.34. The number of amidine groups is 1. The molecule has 0 radical (unpaired) electrons. The zero-order chi connectivity index (χ0) is 15.7. The summed E-state index contributed by atoms with van der Waals surface area (Å²) in [6.45, 7) is 5.83. The van der Waals surface area contributed by atoms with Crippen LogP contribution in [0.3, 0.4) is 0 Å².